The Hall–Kier alpha value is -4.14. The van der Waals surface area contributed by atoms with Crippen molar-refractivity contribution < 1.29 is 46.8 Å². The predicted octanol–water partition coefficient (Wildman–Crippen LogP) is 5.71. The lowest BCUT2D eigenvalue weighted by atomic mass is 10.1. The fraction of sp³-hybridized carbons (Fsp3) is 0.115. The summed E-state index contributed by atoms with van der Waals surface area (Å²) >= 11 is 0. The second-order valence-electron chi connectivity index (χ2n) is 7.55. The maximum atomic E-state index is 15.0. The fourth-order valence-electron chi connectivity index (χ4n) is 3.02. The van der Waals surface area contributed by atoms with Gasteiger partial charge in [0.1, 0.15) is 0 Å². The topological polar surface area (TPSA) is 116 Å². The highest BCUT2D eigenvalue weighted by atomic mass is 31.1. The van der Waals surface area contributed by atoms with Crippen LogP contribution in [0.2, 0.25) is 0 Å². The summed E-state index contributed by atoms with van der Waals surface area (Å²) in [4.78, 5) is 35.7. The molecule has 0 aliphatic heterocycles. The van der Waals surface area contributed by atoms with Crippen molar-refractivity contribution in [1.29, 1.82) is 0 Å². The van der Waals surface area contributed by atoms with Crippen LogP contribution in [-0.2, 0) is 29.0 Å². The van der Waals surface area contributed by atoms with Gasteiger partial charge in [0.2, 0.25) is 0 Å². The zero-order chi connectivity index (χ0) is 27.0. The van der Waals surface area contributed by atoms with Crippen molar-refractivity contribution >= 4 is 31.5 Å². The van der Waals surface area contributed by atoms with Gasteiger partial charge in [-0.05, 0) is 42.3 Å². The first-order valence-electron chi connectivity index (χ1n) is 10.7. The van der Waals surface area contributed by atoms with Gasteiger partial charge >= 0.3 is 30.0 Å². The minimum absolute atomic E-state index is 0.0127. The molecule has 1 N–H and O–H groups in total. The maximum absolute atomic E-state index is 15.0. The molecule has 0 aliphatic carbocycles. The quantitative estimate of drug-likeness (QED) is 0.153. The summed E-state index contributed by atoms with van der Waals surface area (Å²) in [7, 11) is -4.37. The third-order valence-corrected chi connectivity index (χ3v) is 6.14. The second kappa shape index (κ2) is 12.2. The van der Waals surface area contributed by atoms with E-state index in [0.29, 0.717) is 11.1 Å². The summed E-state index contributed by atoms with van der Waals surface area (Å²) in [6.45, 7) is -0.849. The molecule has 192 valence electrons. The van der Waals surface area contributed by atoms with Crippen molar-refractivity contribution in [3.8, 4) is 0 Å². The molecule has 0 aromatic heterocycles. The Morgan fingerprint density at radius 1 is 0.811 bits per heavy atom. The van der Waals surface area contributed by atoms with E-state index in [9.17, 15) is 27.7 Å². The second-order valence-corrected chi connectivity index (χ2v) is 8.99. The normalized spacial score (nSPS) is 12.6. The van der Waals surface area contributed by atoms with Crippen molar-refractivity contribution in [2.45, 2.75) is 19.1 Å². The highest BCUT2D eigenvalue weighted by Crippen LogP contribution is 2.51. The third kappa shape index (κ3) is 7.42. The van der Waals surface area contributed by atoms with E-state index >= 15 is 0 Å². The smallest absolute Gasteiger partial charge is 0.371 e. The summed E-state index contributed by atoms with van der Waals surface area (Å²) in [6.07, 6.45) is 0.909. The van der Waals surface area contributed by atoms with Crippen LogP contribution in [0.25, 0.3) is 5.57 Å². The van der Waals surface area contributed by atoms with Crippen LogP contribution < -0.4 is 0 Å². The fourth-order valence-corrected chi connectivity index (χ4v) is 3.84. The first-order chi connectivity index (χ1) is 17.6. The lowest BCUT2D eigenvalue weighted by Gasteiger charge is -2.22. The van der Waals surface area contributed by atoms with Gasteiger partial charge in [0.05, 0.1) is 11.1 Å². The number of hydrogen-bond donors (Lipinski definition) is 1. The van der Waals surface area contributed by atoms with E-state index in [2.05, 4.69) is 0 Å². The van der Waals surface area contributed by atoms with Gasteiger partial charge in [-0.25, -0.2) is 18.9 Å². The molecule has 1 atom stereocenters. The van der Waals surface area contributed by atoms with Crippen LogP contribution >= 0.6 is 8.03 Å². The summed E-state index contributed by atoms with van der Waals surface area (Å²) in [5, 5.41) is 8.83. The van der Waals surface area contributed by atoms with Crippen molar-refractivity contribution in [3.05, 3.63) is 113 Å². The molecule has 0 spiro atoms. The molecule has 0 fully saturated rings. The number of hydrogen-bond acceptors (Lipinski definition) is 7. The number of rotatable bonds is 10. The lowest BCUT2D eigenvalue weighted by molar-refractivity contribution is -0.186. The molecule has 0 aliphatic rings. The molecule has 0 bridgehead atoms. The van der Waals surface area contributed by atoms with Gasteiger partial charge in [0, 0.05) is 11.6 Å². The van der Waals surface area contributed by atoms with Crippen molar-refractivity contribution in [1.82, 2.24) is 0 Å². The van der Waals surface area contributed by atoms with E-state index in [0.717, 1.165) is 18.2 Å². The summed E-state index contributed by atoms with van der Waals surface area (Å²) in [5.41, 5.74) is -4.06. The van der Waals surface area contributed by atoms with Gasteiger partial charge in [0.25, 0.3) is 8.03 Å². The Balaban J connectivity index is 1.81. The molecule has 0 heterocycles. The molecule has 0 saturated carbocycles. The Kier molecular flexibility index (Phi) is 9.05. The van der Waals surface area contributed by atoms with Crippen LogP contribution in [0.3, 0.4) is 0 Å². The number of carbonyl (C=O) groups is 3. The molecule has 3 rings (SSSR count). The van der Waals surface area contributed by atoms with E-state index < -0.39 is 43.6 Å². The monoisotopic (exact) mass is 530 g/mol. The van der Waals surface area contributed by atoms with E-state index in [4.69, 9.17) is 19.1 Å². The van der Waals surface area contributed by atoms with Crippen molar-refractivity contribution in [3.63, 3.8) is 0 Å². The molecule has 3 aromatic carbocycles. The number of carbonyl (C=O) groups excluding carboxylic acids is 2. The average molecular weight is 530 g/mol. The van der Waals surface area contributed by atoms with Gasteiger partial charge in [-0.2, -0.15) is 8.78 Å². The maximum Gasteiger partial charge on any atom is 0.371 e. The molecular formula is C26H21F2O8P. The van der Waals surface area contributed by atoms with E-state index in [1.54, 1.807) is 12.1 Å². The minimum atomic E-state index is -4.37. The summed E-state index contributed by atoms with van der Waals surface area (Å²) in [5.74, 6) is -3.32. The SMILES string of the molecule is CC(=CC(=O)O)c1ccc(C(F)(F)[PH](=O)OC(OC(=O)c2ccccc2)OC(=O)c2ccccc2)cc1. The van der Waals surface area contributed by atoms with Crippen molar-refractivity contribution in [2.75, 3.05) is 0 Å². The number of aliphatic carboxylic acids is 1. The molecule has 8 nitrogen and oxygen atoms in total. The number of esters is 2. The van der Waals surface area contributed by atoms with Gasteiger partial charge in [-0.3, -0.25) is 4.57 Å². The largest absolute Gasteiger partial charge is 0.478 e. The Bertz CT molecular complexity index is 1260. The number of allylic oxidation sites excluding steroid dienone is 1. The van der Waals surface area contributed by atoms with Gasteiger partial charge in [-0.15, -0.1) is 0 Å². The van der Waals surface area contributed by atoms with Crippen LogP contribution in [0.15, 0.2) is 91.0 Å². The van der Waals surface area contributed by atoms with E-state index in [-0.39, 0.29) is 11.1 Å². The first-order valence-corrected chi connectivity index (χ1v) is 12.0. The zero-order valence-corrected chi connectivity index (χ0v) is 20.3. The summed E-state index contributed by atoms with van der Waals surface area (Å²) in [6, 6.07) is 19.2. The molecule has 0 saturated heterocycles. The number of alkyl halides is 2. The average Bonchev–Trinajstić information content (AvgIpc) is 2.89. The number of ether oxygens (including phenoxy) is 2. The zero-order valence-electron chi connectivity index (χ0n) is 19.3. The van der Waals surface area contributed by atoms with E-state index in [1.807, 2.05) is 0 Å². The van der Waals surface area contributed by atoms with Crippen LogP contribution in [0.5, 0.6) is 0 Å². The predicted molar refractivity (Wildman–Crippen MR) is 129 cm³/mol. The molecule has 1 unspecified atom stereocenters. The number of carboxylic acid groups (broad SMARTS) is 1. The lowest BCUT2D eigenvalue weighted by Crippen LogP contribution is -2.27. The number of benzene rings is 3. The highest BCUT2D eigenvalue weighted by molar-refractivity contribution is 7.40. The number of halogens is 2. The van der Waals surface area contributed by atoms with Gasteiger partial charge in [-0.1, -0.05) is 60.7 Å². The van der Waals surface area contributed by atoms with Crippen LogP contribution in [0, 0.1) is 0 Å². The minimum Gasteiger partial charge on any atom is -0.478 e. The molecule has 37 heavy (non-hydrogen) atoms. The third-order valence-electron chi connectivity index (χ3n) is 4.93. The van der Waals surface area contributed by atoms with Crippen LogP contribution in [-0.4, -0.2) is 29.5 Å². The highest BCUT2D eigenvalue weighted by Gasteiger charge is 2.42. The summed E-state index contributed by atoms with van der Waals surface area (Å²) < 4.78 is 57.3. The molecule has 11 heteroatoms. The number of carboxylic acids is 1. The van der Waals surface area contributed by atoms with Crippen LogP contribution in [0.4, 0.5) is 8.78 Å². The molecule has 3 aromatic rings. The Morgan fingerprint density at radius 2 is 1.27 bits per heavy atom. The Morgan fingerprint density at radius 3 is 1.70 bits per heavy atom. The molecular weight excluding hydrogens is 509 g/mol. The van der Waals surface area contributed by atoms with Crippen LogP contribution in [0.1, 0.15) is 38.8 Å². The Labute approximate surface area is 211 Å². The standard InChI is InChI=1S/C26H21F2O8P/c1-17(16-22(29)30)18-12-14-21(15-13-18)26(27,28)37(33)36-25(34-23(31)19-8-4-2-5-9-19)35-24(32)20-10-6-3-7-11-20/h2-16,25,37H,1H3,(H,29,30). The molecule has 0 radical (unpaired) electrons. The van der Waals surface area contributed by atoms with Crippen molar-refractivity contribution in [2.24, 2.45) is 0 Å². The van der Waals surface area contributed by atoms with E-state index in [1.165, 1.54) is 67.6 Å². The first kappa shape index (κ1) is 27.4. The van der Waals surface area contributed by atoms with Gasteiger partial charge in [0.15, 0.2) is 0 Å². The molecule has 0 amide bonds. The van der Waals surface area contributed by atoms with Gasteiger partial charge < -0.3 is 14.6 Å².